The van der Waals surface area contributed by atoms with Crippen molar-refractivity contribution in [3.63, 3.8) is 0 Å². The number of carbonyl (C=O) groups excluding carboxylic acids is 2. The number of nitrogens with zero attached hydrogens (tertiary/aromatic N) is 4. The summed E-state index contributed by atoms with van der Waals surface area (Å²) in [4.78, 5) is 49.7. The van der Waals surface area contributed by atoms with Crippen LogP contribution in [0.25, 0.3) is 0 Å². The zero-order valence-corrected chi connectivity index (χ0v) is 21.2. The molecule has 3 aliphatic rings. The van der Waals surface area contributed by atoms with Gasteiger partial charge in [-0.25, -0.2) is 4.79 Å². The predicted octanol–water partition coefficient (Wildman–Crippen LogP) is 2.51. The molecule has 1 aromatic carbocycles. The topological polar surface area (TPSA) is 154 Å². The van der Waals surface area contributed by atoms with Crippen LogP contribution < -0.4 is 0 Å². The Bertz CT molecular complexity index is 1300. The van der Waals surface area contributed by atoms with Crippen molar-refractivity contribution in [1.82, 2.24) is 14.7 Å². The van der Waals surface area contributed by atoms with Gasteiger partial charge in [0.25, 0.3) is 11.6 Å². The number of carbonyl (C=O) groups is 3. The molecule has 0 spiro atoms. The average molecular weight is 579 g/mol. The molecule has 5 rings (SSSR count). The number of benzene rings is 1. The summed E-state index contributed by atoms with van der Waals surface area (Å²) in [6, 6.07) is 7.48. The molecule has 3 aliphatic heterocycles. The van der Waals surface area contributed by atoms with Gasteiger partial charge in [-0.05, 0) is 11.6 Å². The van der Waals surface area contributed by atoms with Crippen LogP contribution in [0.1, 0.15) is 30.0 Å². The molecule has 12 nitrogen and oxygen atoms in total. The maximum Gasteiger partial charge on any atom is 0.353 e. The maximum absolute atomic E-state index is 13.5. The van der Waals surface area contributed by atoms with Crippen molar-refractivity contribution in [2.45, 2.75) is 42.3 Å². The molecule has 14 heteroatoms. The molecule has 36 heavy (non-hydrogen) atoms. The number of halogens is 1. The molecule has 1 amide bonds. The second kappa shape index (κ2) is 9.01. The minimum Gasteiger partial charge on any atom is -0.477 e. The van der Waals surface area contributed by atoms with Crippen LogP contribution in [0.5, 0.6) is 0 Å². The molecule has 2 unspecified atom stereocenters. The number of carboxylic acids is 1. The summed E-state index contributed by atoms with van der Waals surface area (Å²) in [5, 5.41) is 24.7. The van der Waals surface area contributed by atoms with Gasteiger partial charge in [-0.15, -0.1) is 11.8 Å². The number of aliphatic carboxylic acids is 1. The number of nitro benzene ring substituents is 1. The third kappa shape index (κ3) is 3.89. The lowest BCUT2D eigenvalue weighted by atomic mass is 9.88. The maximum atomic E-state index is 13.5. The minimum absolute atomic E-state index is 0.0823. The van der Waals surface area contributed by atoms with Gasteiger partial charge in [0.05, 0.1) is 30.4 Å². The zero-order chi connectivity index (χ0) is 25.8. The van der Waals surface area contributed by atoms with Gasteiger partial charge in [-0.2, -0.15) is 5.10 Å². The first kappa shape index (κ1) is 24.5. The predicted molar refractivity (Wildman–Crippen MR) is 128 cm³/mol. The number of rotatable bonds is 7. The van der Waals surface area contributed by atoms with E-state index >= 15 is 0 Å². The molecule has 1 saturated heterocycles. The van der Waals surface area contributed by atoms with Crippen molar-refractivity contribution in [2.24, 2.45) is 0 Å². The fourth-order valence-electron chi connectivity index (χ4n) is 4.48. The third-order valence-electron chi connectivity index (χ3n) is 6.13. The quantitative estimate of drug-likeness (QED) is 0.170. The van der Waals surface area contributed by atoms with Gasteiger partial charge in [0.15, 0.2) is 10.4 Å². The highest BCUT2D eigenvalue weighted by molar-refractivity contribution is 9.10. The van der Waals surface area contributed by atoms with Crippen LogP contribution in [0.4, 0.5) is 5.69 Å². The van der Waals surface area contributed by atoms with Crippen LogP contribution in [-0.2, 0) is 43.4 Å². The Kier molecular flexibility index (Phi) is 6.12. The molecular formula is C22H19BrN4O8S. The molecule has 0 bridgehead atoms. The van der Waals surface area contributed by atoms with E-state index < -0.39 is 38.6 Å². The first-order chi connectivity index (χ1) is 17.1. The van der Waals surface area contributed by atoms with Crippen LogP contribution in [0.15, 0.2) is 40.9 Å². The van der Waals surface area contributed by atoms with Crippen molar-refractivity contribution in [3.05, 3.63) is 68.0 Å². The van der Waals surface area contributed by atoms with Crippen molar-refractivity contribution in [3.8, 4) is 0 Å². The number of aromatic nitrogens is 2. The minimum atomic E-state index is -1.45. The summed E-state index contributed by atoms with van der Waals surface area (Å²) in [6.07, 6.45) is -0.953. The van der Waals surface area contributed by atoms with Crippen molar-refractivity contribution < 1.29 is 33.9 Å². The lowest BCUT2D eigenvalue weighted by molar-refractivity contribution is -0.384. The van der Waals surface area contributed by atoms with Gasteiger partial charge in [0.2, 0.25) is 0 Å². The zero-order valence-electron chi connectivity index (χ0n) is 18.7. The Hall–Kier alpha value is -3.23. The standard InChI is InChI=1S/C22H19BrN4O8S/c1-11(28)35-18(15-9-14-10-34-7-6-25(14)24-15)22(23)20(31)26-17(19(29)30)16(36-21(22)26)8-12-2-4-13(5-3-12)27(32)33/h2-5,9,18,21H,6-8,10H2,1H3,(H,29,30)/t18?,21-,22?/m1/s1. The van der Waals surface area contributed by atoms with E-state index in [2.05, 4.69) is 21.0 Å². The lowest BCUT2D eigenvalue weighted by Gasteiger charge is -2.51. The number of esters is 1. The monoisotopic (exact) mass is 578 g/mol. The third-order valence-corrected chi connectivity index (χ3v) is 9.05. The Morgan fingerprint density at radius 3 is 2.75 bits per heavy atom. The number of non-ortho nitro benzene ring substituents is 1. The number of β-lactam (4-membered cyclic amide) rings is 1. The largest absolute Gasteiger partial charge is 0.477 e. The van der Waals surface area contributed by atoms with Crippen LogP contribution in [0.2, 0.25) is 0 Å². The average Bonchev–Trinajstić information content (AvgIpc) is 3.42. The van der Waals surface area contributed by atoms with E-state index in [0.717, 1.165) is 5.69 Å². The first-order valence-corrected chi connectivity index (χ1v) is 12.5. The molecule has 2 aromatic rings. The lowest BCUT2D eigenvalue weighted by Crippen LogP contribution is -2.70. The molecular weight excluding hydrogens is 560 g/mol. The number of nitro groups is 1. The SMILES string of the molecule is CC(=O)OC(c1cc2n(n1)CCOC2)C1(Br)C(=O)N2C(C(=O)O)=C(Cc3ccc([N+](=O)[O-])cc3)S[C@@H]21. The molecule has 0 radical (unpaired) electrons. The molecule has 3 atom stereocenters. The van der Waals surface area contributed by atoms with Crippen molar-refractivity contribution in [1.29, 1.82) is 0 Å². The highest BCUT2D eigenvalue weighted by Crippen LogP contribution is 2.60. The van der Waals surface area contributed by atoms with Crippen LogP contribution >= 0.6 is 27.7 Å². The smallest absolute Gasteiger partial charge is 0.353 e. The molecule has 188 valence electrons. The van der Waals surface area contributed by atoms with E-state index in [1.54, 1.807) is 22.9 Å². The Morgan fingerprint density at radius 2 is 2.14 bits per heavy atom. The number of fused-ring (bicyclic) bond motifs is 2. The van der Waals surface area contributed by atoms with Crippen LogP contribution in [0.3, 0.4) is 0 Å². The number of thioether (sulfide) groups is 1. The van der Waals surface area contributed by atoms with E-state index in [-0.39, 0.29) is 17.8 Å². The van der Waals surface area contributed by atoms with E-state index in [1.165, 1.54) is 35.7 Å². The van der Waals surface area contributed by atoms with Gasteiger partial charge in [-0.1, -0.05) is 28.1 Å². The number of hydrogen-bond acceptors (Lipinski definition) is 9. The summed E-state index contributed by atoms with van der Waals surface area (Å²) >= 11 is 4.69. The van der Waals surface area contributed by atoms with Gasteiger partial charge >= 0.3 is 11.9 Å². The van der Waals surface area contributed by atoms with Crippen LogP contribution in [0, 0.1) is 10.1 Å². The molecule has 1 N–H and O–H groups in total. The van der Waals surface area contributed by atoms with Crippen molar-refractivity contribution >= 4 is 51.2 Å². The number of amides is 1. The van der Waals surface area contributed by atoms with Crippen LogP contribution in [-0.4, -0.2) is 58.9 Å². The molecule has 0 saturated carbocycles. The van der Waals surface area contributed by atoms with Gasteiger partial charge in [0, 0.05) is 30.4 Å². The number of alkyl halides is 1. The number of carboxylic acid groups (broad SMARTS) is 1. The summed E-state index contributed by atoms with van der Waals surface area (Å²) in [5.74, 6) is -2.46. The fraction of sp³-hybridized carbons (Fsp3) is 0.364. The Balaban J connectivity index is 1.47. The number of allylic oxidation sites excluding steroid dienone is 1. The van der Waals surface area contributed by atoms with E-state index in [1.807, 2.05) is 0 Å². The molecule has 0 aliphatic carbocycles. The second-order valence-corrected chi connectivity index (χ2v) is 10.9. The summed E-state index contributed by atoms with van der Waals surface area (Å²) in [5.41, 5.74) is 1.53. The second-order valence-electron chi connectivity index (χ2n) is 8.42. The fourth-order valence-corrected chi connectivity index (χ4v) is 7.00. The molecule has 1 aromatic heterocycles. The normalized spacial score (nSPS) is 23.6. The summed E-state index contributed by atoms with van der Waals surface area (Å²) in [6.45, 7) is 2.55. The number of hydrogen-bond donors (Lipinski definition) is 1. The first-order valence-electron chi connectivity index (χ1n) is 10.8. The van der Waals surface area contributed by atoms with Gasteiger partial charge < -0.3 is 14.6 Å². The molecule has 4 heterocycles. The Labute approximate surface area is 216 Å². The summed E-state index contributed by atoms with van der Waals surface area (Å²) in [7, 11) is 0. The van der Waals surface area contributed by atoms with Gasteiger partial charge in [0.1, 0.15) is 16.8 Å². The summed E-state index contributed by atoms with van der Waals surface area (Å²) < 4.78 is 11.3. The van der Waals surface area contributed by atoms with E-state index in [9.17, 15) is 29.6 Å². The molecule has 1 fully saturated rings. The van der Waals surface area contributed by atoms with Gasteiger partial charge in [-0.3, -0.25) is 29.3 Å². The highest BCUT2D eigenvalue weighted by atomic mass is 79.9. The highest BCUT2D eigenvalue weighted by Gasteiger charge is 2.70. The Morgan fingerprint density at radius 1 is 1.42 bits per heavy atom. The van der Waals surface area contributed by atoms with E-state index in [0.29, 0.717) is 35.9 Å². The van der Waals surface area contributed by atoms with E-state index in [4.69, 9.17) is 9.47 Å². The number of ether oxygens (including phenoxy) is 2. The van der Waals surface area contributed by atoms with Crippen molar-refractivity contribution in [2.75, 3.05) is 6.61 Å².